The van der Waals surface area contributed by atoms with Crippen LogP contribution in [-0.2, 0) is 4.57 Å². The summed E-state index contributed by atoms with van der Waals surface area (Å²) in [6, 6.07) is 14.4. The van der Waals surface area contributed by atoms with E-state index >= 15 is 0 Å². The van der Waals surface area contributed by atoms with Crippen LogP contribution in [0.25, 0.3) is 22.3 Å². The summed E-state index contributed by atoms with van der Waals surface area (Å²) >= 11 is 0. The molecule has 0 bridgehead atoms. The van der Waals surface area contributed by atoms with Crippen LogP contribution in [-0.4, -0.2) is 54.4 Å². The number of likely N-dealkylation sites (tertiary alicyclic amines) is 1. The number of likely N-dealkylation sites (N-methyl/N-ethyl adjacent to an activating group) is 1. The number of anilines is 2. The maximum Gasteiger partial charge on any atom is 0.139 e. The Bertz CT molecular complexity index is 1430. The van der Waals surface area contributed by atoms with Crippen molar-refractivity contribution in [1.29, 1.82) is 0 Å². The molecule has 1 atom stereocenters. The summed E-state index contributed by atoms with van der Waals surface area (Å²) in [4.78, 5) is 10.2. The molecule has 2 aromatic carbocycles. The zero-order valence-electron chi connectivity index (χ0n) is 20.4. The number of halogens is 1. The van der Waals surface area contributed by atoms with E-state index in [1.165, 1.54) is 12.1 Å². The molecule has 6 nitrogen and oxygen atoms in total. The number of aromatic nitrogens is 2. The molecule has 0 spiro atoms. The first-order valence-corrected chi connectivity index (χ1v) is 14.3. The first-order chi connectivity index (χ1) is 16.7. The van der Waals surface area contributed by atoms with Gasteiger partial charge in [-0.1, -0.05) is 0 Å². The molecule has 1 aliphatic rings. The highest BCUT2D eigenvalue weighted by Gasteiger charge is 2.21. The lowest BCUT2D eigenvalue weighted by atomic mass is 10.1. The number of aromatic amines is 1. The fourth-order valence-electron chi connectivity index (χ4n) is 4.60. The van der Waals surface area contributed by atoms with Gasteiger partial charge >= 0.3 is 0 Å². The first-order valence-electron chi connectivity index (χ1n) is 11.7. The van der Waals surface area contributed by atoms with Crippen LogP contribution in [0.2, 0.25) is 0 Å². The van der Waals surface area contributed by atoms with Gasteiger partial charge in [-0.2, -0.15) is 0 Å². The van der Waals surface area contributed by atoms with Gasteiger partial charge in [-0.05, 0) is 93.4 Å². The summed E-state index contributed by atoms with van der Waals surface area (Å²) in [6.45, 7) is 7.33. The Hall–Kier alpha value is -3.15. The minimum atomic E-state index is -2.62. The third kappa shape index (κ3) is 4.97. The summed E-state index contributed by atoms with van der Waals surface area (Å²) in [5, 5.41) is 4.85. The van der Waals surface area contributed by atoms with E-state index < -0.39 is 7.14 Å². The Morgan fingerprint density at radius 1 is 1.17 bits per heavy atom. The van der Waals surface area contributed by atoms with Crippen molar-refractivity contribution in [1.82, 2.24) is 14.9 Å². The molecule has 2 aromatic heterocycles. The second-order valence-electron chi connectivity index (χ2n) is 9.71. The molecule has 3 heterocycles. The average Bonchev–Trinajstić information content (AvgIpc) is 3.41. The zero-order chi connectivity index (χ0) is 24.7. The van der Waals surface area contributed by atoms with E-state index in [1.54, 1.807) is 25.6 Å². The lowest BCUT2D eigenvalue weighted by Crippen LogP contribution is -2.21. The van der Waals surface area contributed by atoms with E-state index in [0.717, 1.165) is 58.8 Å². The monoisotopic (exact) mass is 492 g/mol. The quantitative estimate of drug-likeness (QED) is 0.335. The van der Waals surface area contributed by atoms with Crippen LogP contribution in [0.1, 0.15) is 12.0 Å². The summed E-state index contributed by atoms with van der Waals surface area (Å²) < 4.78 is 33.0. The minimum absolute atomic E-state index is 0.231. The zero-order valence-corrected chi connectivity index (χ0v) is 21.3. The van der Waals surface area contributed by atoms with Crippen molar-refractivity contribution in [3.63, 3.8) is 0 Å². The smallest absolute Gasteiger partial charge is 0.139 e. The summed E-state index contributed by atoms with van der Waals surface area (Å²) in [5.41, 5.74) is 4.88. The van der Waals surface area contributed by atoms with Gasteiger partial charge in [0.15, 0.2) is 0 Å². The minimum Gasteiger partial charge on any atom is -0.489 e. The van der Waals surface area contributed by atoms with Gasteiger partial charge in [0.2, 0.25) is 0 Å². The van der Waals surface area contributed by atoms with Gasteiger partial charge in [0, 0.05) is 35.7 Å². The molecule has 1 saturated heterocycles. The maximum absolute atomic E-state index is 14.1. The van der Waals surface area contributed by atoms with Crippen LogP contribution in [0.5, 0.6) is 5.75 Å². The highest BCUT2D eigenvalue weighted by molar-refractivity contribution is 7.70. The molecule has 35 heavy (non-hydrogen) atoms. The number of ether oxygens (including phenoxy) is 1. The lowest BCUT2D eigenvalue weighted by Gasteiger charge is -2.17. The Labute approximate surface area is 204 Å². The second-order valence-corrected chi connectivity index (χ2v) is 12.9. The number of rotatable bonds is 6. The molecule has 5 rings (SSSR count). The number of hydrogen-bond acceptors (Lipinski definition) is 5. The van der Waals surface area contributed by atoms with Crippen molar-refractivity contribution in [3.05, 3.63) is 66.1 Å². The van der Waals surface area contributed by atoms with E-state index in [2.05, 4.69) is 27.2 Å². The Morgan fingerprint density at radius 3 is 2.63 bits per heavy atom. The summed E-state index contributed by atoms with van der Waals surface area (Å²) in [6.07, 6.45) is 3.05. The van der Waals surface area contributed by atoms with E-state index in [0.29, 0.717) is 11.0 Å². The number of H-pyrrole nitrogens is 1. The van der Waals surface area contributed by atoms with Gasteiger partial charge < -0.3 is 24.5 Å². The van der Waals surface area contributed by atoms with Crippen molar-refractivity contribution >= 4 is 34.9 Å². The fraction of sp³-hybridized carbons (Fsp3) is 0.296. The molecule has 1 aliphatic heterocycles. The molecule has 0 saturated carbocycles. The highest BCUT2D eigenvalue weighted by atomic mass is 31.2. The van der Waals surface area contributed by atoms with Gasteiger partial charge in [0.25, 0.3) is 0 Å². The maximum atomic E-state index is 14.1. The Kier molecular flexibility index (Phi) is 6.16. The van der Waals surface area contributed by atoms with Gasteiger partial charge in [0.05, 0.1) is 11.4 Å². The van der Waals surface area contributed by atoms with E-state index in [1.807, 2.05) is 37.3 Å². The predicted octanol–water partition coefficient (Wildman–Crippen LogP) is 5.75. The van der Waals surface area contributed by atoms with Crippen molar-refractivity contribution in [2.75, 3.05) is 38.8 Å². The molecular formula is C27H30FN4O2P. The molecule has 0 amide bonds. The standard InChI is InChI=1S/C27H30FN4O2P/c1-17-15-29-27-22(26(17)30-24-13-19(28)7-10-25(24)35(3,4)33)14-23(31-27)18-5-8-20(9-6-18)34-21-11-12-32(2)16-21/h5-10,13-15,21H,11-12,16H2,1-4H3,(H2,29,30,31)/t21-/m0/s1. The molecule has 2 N–H and O–H groups in total. The van der Waals surface area contributed by atoms with Gasteiger partial charge in [0.1, 0.15) is 30.5 Å². The summed E-state index contributed by atoms with van der Waals surface area (Å²) in [7, 11) is -0.507. The van der Waals surface area contributed by atoms with Crippen LogP contribution in [0, 0.1) is 12.7 Å². The molecule has 8 heteroatoms. The number of fused-ring (bicyclic) bond motifs is 1. The average molecular weight is 493 g/mol. The largest absolute Gasteiger partial charge is 0.489 e. The van der Waals surface area contributed by atoms with Crippen LogP contribution in [0.15, 0.2) is 54.7 Å². The lowest BCUT2D eigenvalue weighted by molar-refractivity contribution is 0.208. The number of pyridine rings is 1. The Balaban J connectivity index is 1.46. The number of benzene rings is 2. The molecule has 4 aromatic rings. The van der Waals surface area contributed by atoms with E-state index in [9.17, 15) is 8.96 Å². The van der Waals surface area contributed by atoms with Crippen LogP contribution in [0.3, 0.4) is 0 Å². The van der Waals surface area contributed by atoms with Gasteiger partial charge in [-0.3, -0.25) is 0 Å². The molecule has 0 radical (unpaired) electrons. The first kappa shape index (κ1) is 23.6. The fourth-order valence-corrected chi connectivity index (χ4v) is 5.74. The van der Waals surface area contributed by atoms with E-state index in [4.69, 9.17) is 4.74 Å². The molecule has 1 fully saturated rings. The molecule has 0 aliphatic carbocycles. The number of nitrogens with zero attached hydrogens (tertiary/aromatic N) is 2. The normalized spacial score (nSPS) is 16.7. The highest BCUT2D eigenvalue weighted by Crippen LogP contribution is 2.40. The van der Waals surface area contributed by atoms with Gasteiger partial charge in [-0.15, -0.1) is 0 Å². The second kappa shape index (κ2) is 9.14. The van der Waals surface area contributed by atoms with Crippen molar-refractivity contribution in [3.8, 4) is 17.0 Å². The van der Waals surface area contributed by atoms with Crippen LogP contribution < -0.4 is 15.4 Å². The number of aryl methyl sites for hydroxylation is 1. The van der Waals surface area contributed by atoms with Crippen molar-refractivity contribution in [2.45, 2.75) is 19.4 Å². The topological polar surface area (TPSA) is 70.2 Å². The summed E-state index contributed by atoms with van der Waals surface area (Å²) in [5.74, 6) is 0.484. The number of hydrogen-bond donors (Lipinski definition) is 2. The third-order valence-corrected chi connectivity index (χ3v) is 8.01. The number of nitrogens with one attached hydrogen (secondary N) is 2. The van der Waals surface area contributed by atoms with Gasteiger partial charge in [-0.25, -0.2) is 9.37 Å². The van der Waals surface area contributed by atoms with Crippen molar-refractivity contribution < 1.29 is 13.7 Å². The van der Waals surface area contributed by atoms with Crippen LogP contribution >= 0.6 is 7.14 Å². The molecule has 0 unspecified atom stereocenters. The predicted molar refractivity (Wildman–Crippen MR) is 142 cm³/mol. The third-order valence-electron chi connectivity index (χ3n) is 6.46. The Morgan fingerprint density at radius 2 is 1.94 bits per heavy atom. The van der Waals surface area contributed by atoms with Crippen molar-refractivity contribution in [2.24, 2.45) is 0 Å². The molecule has 182 valence electrons. The van der Waals surface area contributed by atoms with Crippen LogP contribution in [0.4, 0.5) is 15.8 Å². The molecular weight excluding hydrogens is 462 g/mol. The SMILES string of the molecule is Cc1cnc2[nH]c(-c3ccc(O[C@H]4CCN(C)C4)cc3)cc2c1Nc1cc(F)ccc1P(C)(C)=O. The van der Waals surface area contributed by atoms with E-state index in [-0.39, 0.29) is 11.9 Å².